The first kappa shape index (κ1) is 24.0. The summed E-state index contributed by atoms with van der Waals surface area (Å²) in [5.41, 5.74) is 1.97. The Kier molecular flexibility index (Phi) is 6.75. The molecule has 9 heteroatoms. The third-order valence-corrected chi connectivity index (χ3v) is 5.85. The first-order valence-corrected chi connectivity index (χ1v) is 10.9. The molecule has 0 atom stereocenters. The quantitative estimate of drug-likeness (QED) is 0.287. The predicted octanol–water partition coefficient (Wildman–Crippen LogP) is 8.45. The number of benzene rings is 3. The van der Waals surface area contributed by atoms with Crippen LogP contribution >= 0.6 is 34.8 Å². The van der Waals surface area contributed by atoms with E-state index in [1.165, 1.54) is 12.1 Å². The van der Waals surface area contributed by atoms with E-state index >= 15 is 0 Å². The van der Waals surface area contributed by atoms with Crippen LogP contribution in [0.2, 0.25) is 15.1 Å². The molecule has 0 aliphatic carbocycles. The summed E-state index contributed by atoms with van der Waals surface area (Å²) >= 11 is 18.6. The number of aromatic carboxylic acids is 1. The zero-order chi connectivity index (χ0) is 24.6. The third-order valence-electron chi connectivity index (χ3n) is 5.05. The van der Waals surface area contributed by atoms with Crippen molar-refractivity contribution in [1.82, 2.24) is 4.98 Å². The molecule has 1 heterocycles. The van der Waals surface area contributed by atoms with Gasteiger partial charge in [-0.2, -0.15) is 0 Å². The van der Waals surface area contributed by atoms with Gasteiger partial charge in [0.25, 0.3) is 0 Å². The van der Waals surface area contributed by atoms with Crippen molar-refractivity contribution in [3.8, 4) is 34.0 Å². The van der Waals surface area contributed by atoms with Crippen LogP contribution in [0.1, 0.15) is 15.9 Å². The summed E-state index contributed by atoms with van der Waals surface area (Å²) in [5, 5.41) is 11.1. The van der Waals surface area contributed by atoms with Crippen LogP contribution in [-0.4, -0.2) is 16.1 Å². The van der Waals surface area contributed by atoms with Gasteiger partial charge in [0.05, 0.1) is 10.7 Å². The highest BCUT2D eigenvalue weighted by Crippen LogP contribution is 2.42. The van der Waals surface area contributed by atoms with E-state index in [9.17, 15) is 18.7 Å². The fraction of sp³-hybridized carbons (Fsp3) is 0.0400. The molecule has 4 rings (SSSR count). The maximum absolute atomic E-state index is 13.7. The Morgan fingerprint density at radius 1 is 0.912 bits per heavy atom. The minimum Gasteiger partial charge on any atom is -0.477 e. The number of hydrogen-bond donors (Lipinski definition) is 1. The average molecular weight is 521 g/mol. The first-order valence-electron chi connectivity index (χ1n) is 9.78. The van der Waals surface area contributed by atoms with Gasteiger partial charge in [0.2, 0.25) is 5.88 Å². The molecule has 172 valence electrons. The maximum atomic E-state index is 13.7. The average Bonchev–Trinajstić information content (AvgIpc) is 2.77. The Balaban J connectivity index is 2.02. The molecule has 0 aliphatic rings. The summed E-state index contributed by atoms with van der Waals surface area (Å²) in [7, 11) is 0. The van der Waals surface area contributed by atoms with Crippen LogP contribution in [0.25, 0.3) is 22.4 Å². The van der Waals surface area contributed by atoms with Crippen LogP contribution < -0.4 is 4.74 Å². The topological polar surface area (TPSA) is 59.4 Å². The molecule has 0 radical (unpaired) electrons. The van der Waals surface area contributed by atoms with E-state index in [-0.39, 0.29) is 22.2 Å². The van der Waals surface area contributed by atoms with Crippen LogP contribution in [0.5, 0.6) is 11.6 Å². The van der Waals surface area contributed by atoms with E-state index < -0.39 is 17.6 Å². The molecule has 0 aliphatic heterocycles. The van der Waals surface area contributed by atoms with Gasteiger partial charge in [0, 0.05) is 27.2 Å². The molecule has 34 heavy (non-hydrogen) atoms. The molecule has 0 amide bonds. The van der Waals surface area contributed by atoms with E-state index in [2.05, 4.69) is 4.98 Å². The van der Waals surface area contributed by atoms with E-state index in [0.29, 0.717) is 38.0 Å². The lowest BCUT2D eigenvalue weighted by atomic mass is 9.92. The zero-order valence-electron chi connectivity index (χ0n) is 17.4. The largest absolute Gasteiger partial charge is 0.477 e. The van der Waals surface area contributed by atoms with Crippen molar-refractivity contribution >= 4 is 40.8 Å². The van der Waals surface area contributed by atoms with Gasteiger partial charge in [0.1, 0.15) is 11.3 Å². The Labute approximate surface area is 208 Å². The van der Waals surface area contributed by atoms with E-state index in [1.807, 2.05) is 0 Å². The fourth-order valence-corrected chi connectivity index (χ4v) is 4.12. The van der Waals surface area contributed by atoms with Gasteiger partial charge in [0.15, 0.2) is 11.6 Å². The minimum absolute atomic E-state index is 0.124. The molecule has 0 unspecified atom stereocenters. The monoisotopic (exact) mass is 519 g/mol. The number of hydrogen-bond acceptors (Lipinski definition) is 3. The number of halogens is 5. The van der Waals surface area contributed by atoms with Crippen molar-refractivity contribution in [3.63, 3.8) is 0 Å². The standard InChI is InChI=1S/C25H14Cl3F2NO3/c1-12-21(13-2-4-14(26)5-3-13)23(17-8-6-15(27)10-18(17)28)31-24(22(12)25(32)33)34-16-7-9-19(29)20(30)11-16/h2-11H,1H3,(H,32,33). The molecular formula is C25H14Cl3F2NO3. The van der Waals surface area contributed by atoms with Gasteiger partial charge < -0.3 is 9.84 Å². The lowest BCUT2D eigenvalue weighted by Crippen LogP contribution is -2.09. The van der Waals surface area contributed by atoms with Crippen molar-refractivity contribution in [2.45, 2.75) is 6.92 Å². The number of ether oxygens (including phenoxy) is 1. The highest BCUT2D eigenvalue weighted by Gasteiger charge is 2.26. The highest BCUT2D eigenvalue weighted by molar-refractivity contribution is 6.36. The van der Waals surface area contributed by atoms with Crippen LogP contribution in [0, 0.1) is 18.6 Å². The second kappa shape index (κ2) is 9.58. The Morgan fingerprint density at radius 3 is 2.21 bits per heavy atom. The molecule has 0 saturated carbocycles. The number of carboxylic acid groups (broad SMARTS) is 1. The number of aromatic nitrogens is 1. The number of pyridine rings is 1. The van der Waals surface area contributed by atoms with Crippen molar-refractivity contribution in [1.29, 1.82) is 0 Å². The second-order valence-corrected chi connectivity index (χ2v) is 8.53. The molecule has 4 aromatic rings. The SMILES string of the molecule is Cc1c(C(=O)O)c(Oc2ccc(F)c(F)c2)nc(-c2ccc(Cl)cc2Cl)c1-c1ccc(Cl)cc1. The lowest BCUT2D eigenvalue weighted by molar-refractivity contribution is 0.0692. The number of carboxylic acids is 1. The lowest BCUT2D eigenvalue weighted by Gasteiger charge is -2.19. The maximum Gasteiger partial charge on any atom is 0.341 e. The first-order chi connectivity index (χ1) is 16.2. The number of rotatable bonds is 5. The van der Waals surface area contributed by atoms with Gasteiger partial charge >= 0.3 is 5.97 Å². The molecule has 0 bridgehead atoms. The molecule has 3 aromatic carbocycles. The number of nitrogens with zero attached hydrogens (tertiary/aromatic N) is 1. The number of carbonyl (C=O) groups is 1. The normalized spacial score (nSPS) is 10.9. The van der Waals surface area contributed by atoms with Crippen molar-refractivity contribution in [2.75, 3.05) is 0 Å². The molecule has 0 spiro atoms. The minimum atomic E-state index is -1.31. The third kappa shape index (κ3) is 4.71. The van der Waals surface area contributed by atoms with Crippen molar-refractivity contribution < 1.29 is 23.4 Å². The zero-order valence-corrected chi connectivity index (χ0v) is 19.6. The smallest absolute Gasteiger partial charge is 0.341 e. The van der Waals surface area contributed by atoms with Crippen molar-refractivity contribution in [3.05, 3.63) is 98.5 Å². The summed E-state index contributed by atoms with van der Waals surface area (Å²) in [6.45, 7) is 1.60. The summed E-state index contributed by atoms with van der Waals surface area (Å²) < 4.78 is 32.7. The van der Waals surface area contributed by atoms with Gasteiger partial charge in [-0.1, -0.05) is 46.9 Å². The summed E-state index contributed by atoms with van der Waals surface area (Å²) in [4.78, 5) is 16.7. The van der Waals surface area contributed by atoms with E-state index in [4.69, 9.17) is 39.5 Å². The Morgan fingerprint density at radius 2 is 1.59 bits per heavy atom. The predicted molar refractivity (Wildman–Crippen MR) is 128 cm³/mol. The Bertz CT molecular complexity index is 1430. The summed E-state index contributed by atoms with van der Waals surface area (Å²) in [6, 6.07) is 14.4. The van der Waals surface area contributed by atoms with Crippen LogP contribution in [0.3, 0.4) is 0 Å². The van der Waals surface area contributed by atoms with Gasteiger partial charge in [-0.3, -0.25) is 0 Å². The van der Waals surface area contributed by atoms with Crippen LogP contribution in [0.15, 0.2) is 60.7 Å². The van der Waals surface area contributed by atoms with E-state index in [1.54, 1.807) is 43.3 Å². The summed E-state index contributed by atoms with van der Waals surface area (Å²) in [6.07, 6.45) is 0. The highest BCUT2D eigenvalue weighted by atomic mass is 35.5. The summed E-state index contributed by atoms with van der Waals surface area (Å²) in [5.74, 6) is -3.96. The van der Waals surface area contributed by atoms with E-state index in [0.717, 1.165) is 12.1 Å². The van der Waals surface area contributed by atoms with Crippen LogP contribution in [-0.2, 0) is 0 Å². The van der Waals surface area contributed by atoms with Gasteiger partial charge in [-0.15, -0.1) is 0 Å². The second-order valence-electron chi connectivity index (χ2n) is 7.25. The fourth-order valence-electron chi connectivity index (χ4n) is 3.50. The Hall–Kier alpha value is -3.19. The van der Waals surface area contributed by atoms with Gasteiger partial charge in [-0.05, 0) is 60.5 Å². The molecule has 4 nitrogen and oxygen atoms in total. The molecular weight excluding hydrogens is 507 g/mol. The van der Waals surface area contributed by atoms with Crippen LogP contribution in [0.4, 0.5) is 8.78 Å². The molecule has 0 fully saturated rings. The molecule has 1 N–H and O–H groups in total. The molecule has 0 saturated heterocycles. The molecule has 1 aromatic heterocycles. The van der Waals surface area contributed by atoms with Crippen molar-refractivity contribution in [2.24, 2.45) is 0 Å². The van der Waals surface area contributed by atoms with Gasteiger partial charge in [-0.25, -0.2) is 18.6 Å².